The van der Waals surface area contributed by atoms with Crippen LogP contribution in [-0.2, 0) is 16.4 Å². The van der Waals surface area contributed by atoms with Gasteiger partial charge in [-0.25, -0.2) is 8.42 Å². The van der Waals surface area contributed by atoms with Gasteiger partial charge in [0.25, 0.3) is 0 Å². The van der Waals surface area contributed by atoms with Crippen LogP contribution in [0.5, 0.6) is 5.75 Å². The summed E-state index contributed by atoms with van der Waals surface area (Å²) in [5, 5.41) is 3.40. The predicted octanol–water partition coefficient (Wildman–Crippen LogP) is 3.54. The first kappa shape index (κ1) is 20.1. The SMILES string of the molecule is CCOc1ccc(C(C)=O)cc1CNC(C)c1ccc(S(C)(=O)=O)cc1. The minimum absolute atomic E-state index is 0.0127. The van der Waals surface area contributed by atoms with Gasteiger partial charge in [0.1, 0.15) is 5.75 Å². The molecule has 0 bridgehead atoms. The maximum absolute atomic E-state index is 11.6. The number of ether oxygens (including phenoxy) is 1. The van der Waals surface area contributed by atoms with E-state index in [9.17, 15) is 13.2 Å². The standard InChI is InChI=1S/C20H25NO4S/c1-5-25-20-11-8-17(15(3)22)12-18(20)13-21-14(2)16-6-9-19(10-7-16)26(4,23)24/h6-12,14,21H,5,13H2,1-4H3. The fourth-order valence-electron chi connectivity index (χ4n) is 2.62. The lowest BCUT2D eigenvalue weighted by atomic mass is 10.1. The molecule has 140 valence electrons. The molecule has 0 aliphatic carbocycles. The van der Waals surface area contributed by atoms with E-state index >= 15 is 0 Å². The summed E-state index contributed by atoms with van der Waals surface area (Å²) >= 11 is 0. The Morgan fingerprint density at radius 3 is 2.35 bits per heavy atom. The third kappa shape index (κ3) is 5.16. The van der Waals surface area contributed by atoms with Crippen LogP contribution in [0.15, 0.2) is 47.4 Å². The molecule has 0 aliphatic heterocycles. The van der Waals surface area contributed by atoms with Crippen molar-refractivity contribution in [3.63, 3.8) is 0 Å². The Balaban J connectivity index is 2.14. The molecule has 0 saturated carbocycles. The molecule has 0 heterocycles. The van der Waals surface area contributed by atoms with Gasteiger partial charge in [0.05, 0.1) is 11.5 Å². The zero-order valence-electron chi connectivity index (χ0n) is 15.6. The van der Waals surface area contributed by atoms with E-state index < -0.39 is 9.84 Å². The summed E-state index contributed by atoms with van der Waals surface area (Å²) in [6, 6.07) is 12.3. The van der Waals surface area contributed by atoms with Crippen molar-refractivity contribution in [2.45, 2.75) is 38.3 Å². The highest BCUT2D eigenvalue weighted by Crippen LogP contribution is 2.23. The van der Waals surface area contributed by atoms with E-state index in [4.69, 9.17) is 4.74 Å². The van der Waals surface area contributed by atoms with Crippen LogP contribution in [0, 0.1) is 0 Å². The Kier molecular flexibility index (Phi) is 6.56. The fourth-order valence-corrected chi connectivity index (χ4v) is 3.25. The lowest BCUT2D eigenvalue weighted by molar-refractivity contribution is 0.101. The lowest BCUT2D eigenvalue weighted by Crippen LogP contribution is -2.19. The molecule has 0 spiro atoms. The van der Waals surface area contributed by atoms with E-state index in [1.165, 1.54) is 6.26 Å². The molecule has 0 radical (unpaired) electrons. The molecule has 0 saturated heterocycles. The second kappa shape index (κ2) is 8.47. The van der Waals surface area contributed by atoms with Gasteiger partial charge in [-0.1, -0.05) is 12.1 Å². The number of Topliss-reactive ketones (excluding diaryl/α,β-unsaturated/α-hetero) is 1. The molecule has 1 atom stereocenters. The van der Waals surface area contributed by atoms with Gasteiger partial charge in [0.2, 0.25) is 0 Å². The van der Waals surface area contributed by atoms with Crippen LogP contribution in [0.4, 0.5) is 0 Å². The summed E-state index contributed by atoms with van der Waals surface area (Å²) in [5.74, 6) is 0.767. The topological polar surface area (TPSA) is 72.5 Å². The maximum atomic E-state index is 11.6. The molecule has 0 aliphatic rings. The average Bonchev–Trinajstić information content (AvgIpc) is 2.60. The van der Waals surface area contributed by atoms with E-state index in [0.717, 1.165) is 16.9 Å². The van der Waals surface area contributed by atoms with Crippen molar-refractivity contribution in [2.75, 3.05) is 12.9 Å². The summed E-state index contributed by atoms with van der Waals surface area (Å²) in [6.45, 7) is 6.55. The molecule has 0 aromatic heterocycles. The monoisotopic (exact) mass is 375 g/mol. The number of sulfone groups is 1. The molecule has 2 rings (SSSR count). The molecule has 5 nitrogen and oxygen atoms in total. The van der Waals surface area contributed by atoms with Crippen molar-refractivity contribution < 1.29 is 17.9 Å². The molecule has 2 aromatic carbocycles. The van der Waals surface area contributed by atoms with Crippen molar-refractivity contribution in [2.24, 2.45) is 0 Å². The lowest BCUT2D eigenvalue weighted by Gasteiger charge is -2.17. The molecular formula is C20H25NO4S. The van der Waals surface area contributed by atoms with Gasteiger partial charge in [-0.3, -0.25) is 4.79 Å². The normalized spacial score (nSPS) is 12.6. The summed E-state index contributed by atoms with van der Waals surface area (Å²) in [4.78, 5) is 11.9. The number of rotatable bonds is 8. The summed E-state index contributed by atoms with van der Waals surface area (Å²) in [6.07, 6.45) is 1.20. The average molecular weight is 375 g/mol. The van der Waals surface area contributed by atoms with E-state index in [1.54, 1.807) is 25.1 Å². The second-order valence-corrected chi connectivity index (χ2v) is 8.27. The van der Waals surface area contributed by atoms with Crippen molar-refractivity contribution in [3.05, 3.63) is 59.2 Å². The third-order valence-electron chi connectivity index (χ3n) is 4.17. The van der Waals surface area contributed by atoms with Crippen LogP contribution in [0.3, 0.4) is 0 Å². The first-order valence-electron chi connectivity index (χ1n) is 8.52. The van der Waals surface area contributed by atoms with E-state index in [1.807, 2.05) is 38.1 Å². The number of benzene rings is 2. The number of nitrogens with one attached hydrogen (secondary N) is 1. The molecule has 0 fully saturated rings. The van der Waals surface area contributed by atoms with Crippen LogP contribution in [-0.4, -0.2) is 27.1 Å². The molecule has 0 amide bonds. The second-order valence-electron chi connectivity index (χ2n) is 6.26. The Bertz CT molecular complexity index is 873. The molecule has 26 heavy (non-hydrogen) atoms. The first-order valence-corrected chi connectivity index (χ1v) is 10.4. The Labute approximate surface area is 155 Å². The highest BCUT2D eigenvalue weighted by atomic mass is 32.2. The number of carbonyl (C=O) groups excluding carboxylic acids is 1. The molecular weight excluding hydrogens is 350 g/mol. The van der Waals surface area contributed by atoms with Crippen molar-refractivity contribution in [1.29, 1.82) is 0 Å². The third-order valence-corrected chi connectivity index (χ3v) is 5.30. The fraction of sp³-hybridized carbons (Fsp3) is 0.350. The number of ketones is 1. The molecule has 1 N–H and O–H groups in total. The van der Waals surface area contributed by atoms with Gasteiger partial charge in [0, 0.05) is 30.0 Å². The predicted molar refractivity (Wildman–Crippen MR) is 102 cm³/mol. The van der Waals surface area contributed by atoms with Gasteiger partial charge in [-0.2, -0.15) is 0 Å². The number of hydrogen-bond donors (Lipinski definition) is 1. The van der Waals surface area contributed by atoms with Crippen molar-refractivity contribution in [3.8, 4) is 5.75 Å². The molecule has 1 unspecified atom stereocenters. The van der Waals surface area contributed by atoms with Crippen LogP contribution in [0.1, 0.15) is 48.3 Å². The Morgan fingerprint density at radius 1 is 1.15 bits per heavy atom. The number of carbonyl (C=O) groups is 1. The largest absolute Gasteiger partial charge is 0.494 e. The summed E-state index contributed by atoms with van der Waals surface area (Å²) < 4.78 is 28.8. The van der Waals surface area contributed by atoms with Crippen molar-refractivity contribution in [1.82, 2.24) is 5.32 Å². The minimum Gasteiger partial charge on any atom is -0.494 e. The maximum Gasteiger partial charge on any atom is 0.175 e. The quantitative estimate of drug-likeness (QED) is 0.715. The van der Waals surface area contributed by atoms with Crippen LogP contribution in [0.25, 0.3) is 0 Å². The van der Waals surface area contributed by atoms with Crippen molar-refractivity contribution >= 4 is 15.6 Å². The highest BCUT2D eigenvalue weighted by molar-refractivity contribution is 7.90. The zero-order chi connectivity index (χ0) is 19.3. The van der Waals surface area contributed by atoms with Crippen LogP contribution in [0.2, 0.25) is 0 Å². The highest BCUT2D eigenvalue weighted by Gasteiger charge is 2.12. The van der Waals surface area contributed by atoms with Gasteiger partial charge < -0.3 is 10.1 Å². The van der Waals surface area contributed by atoms with Gasteiger partial charge in [-0.15, -0.1) is 0 Å². The van der Waals surface area contributed by atoms with Gasteiger partial charge >= 0.3 is 0 Å². The van der Waals surface area contributed by atoms with Gasteiger partial charge in [-0.05, 0) is 56.7 Å². The zero-order valence-corrected chi connectivity index (χ0v) is 16.4. The van der Waals surface area contributed by atoms with Gasteiger partial charge in [0.15, 0.2) is 15.6 Å². The Morgan fingerprint density at radius 2 is 1.81 bits per heavy atom. The first-order chi connectivity index (χ1) is 12.2. The van der Waals surface area contributed by atoms with Crippen LogP contribution < -0.4 is 10.1 Å². The summed E-state index contributed by atoms with van der Waals surface area (Å²) in [7, 11) is -3.19. The Hall–Kier alpha value is -2.18. The van der Waals surface area contributed by atoms with E-state index in [-0.39, 0.29) is 11.8 Å². The summed E-state index contributed by atoms with van der Waals surface area (Å²) in [5.41, 5.74) is 2.55. The molecule has 6 heteroatoms. The minimum atomic E-state index is -3.19. The van der Waals surface area contributed by atoms with E-state index in [0.29, 0.717) is 23.6 Å². The molecule has 2 aromatic rings. The van der Waals surface area contributed by atoms with E-state index in [2.05, 4.69) is 5.32 Å². The smallest absolute Gasteiger partial charge is 0.175 e. The van der Waals surface area contributed by atoms with Crippen LogP contribution >= 0.6 is 0 Å². The number of hydrogen-bond acceptors (Lipinski definition) is 5.